The van der Waals surface area contributed by atoms with Crippen molar-refractivity contribution in [2.24, 2.45) is 17.6 Å². The molecule has 5 N–H and O–H groups in total. The summed E-state index contributed by atoms with van der Waals surface area (Å²) in [7, 11) is 1.40. The van der Waals surface area contributed by atoms with E-state index < -0.39 is 60.0 Å². The molecule has 1 aromatic carbocycles. The number of nitrogens with one attached hydrogen (secondary N) is 3. The number of benzene rings is 1. The summed E-state index contributed by atoms with van der Waals surface area (Å²) in [6, 6.07) is 9.35. The summed E-state index contributed by atoms with van der Waals surface area (Å²) < 4.78 is 0. The summed E-state index contributed by atoms with van der Waals surface area (Å²) in [6.45, 7) is 6.77. The standard InChI is InChI=1S/C32H44N6O6/c1-6-21(4)28(37-31(43)24(16-20(2)3)36-26(39)18-23-12-14-34-15-13-23)29(41)32(44)35-19-27(40)38(5)25(30(33)42)17-22-10-8-7-9-11-22/h7-15,20-21,24-25,28H,6,16-19H2,1-5H3,(H2,33,42)(H,35,44)(H,36,39)(H,37,43)/t21-,24?,25?,28?/m0/s1. The van der Waals surface area contributed by atoms with Crippen LogP contribution in [-0.4, -0.2) is 76.9 Å². The molecule has 0 aliphatic heterocycles. The van der Waals surface area contributed by atoms with Crippen LogP contribution < -0.4 is 21.7 Å². The molecule has 0 saturated heterocycles. The molecule has 1 aromatic heterocycles. The highest BCUT2D eigenvalue weighted by molar-refractivity contribution is 6.38. The number of carbonyl (C=O) groups excluding carboxylic acids is 6. The molecule has 0 bridgehead atoms. The number of hydrogen-bond donors (Lipinski definition) is 4. The van der Waals surface area contributed by atoms with Gasteiger partial charge in [-0.25, -0.2) is 0 Å². The van der Waals surface area contributed by atoms with Crippen molar-refractivity contribution in [3.8, 4) is 0 Å². The van der Waals surface area contributed by atoms with E-state index in [1.54, 1.807) is 55.7 Å². The van der Waals surface area contributed by atoms with Crippen LogP contribution in [0, 0.1) is 11.8 Å². The average molecular weight is 609 g/mol. The van der Waals surface area contributed by atoms with Gasteiger partial charge in [-0.1, -0.05) is 64.4 Å². The predicted octanol–water partition coefficient (Wildman–Crippen LogP) is 0.926. The van der Waals surface area contributed by atoms with Crippen LogP contribution >= 0.6 is 0 Å². The van der Waals surface area contributed by atoms with Crippen molar-refractivity contribution in [2.75, 3.05) is 13.6 Å². The number of ketones is 1. The Morgan fingerprint density at radius 2 is 1.55 bits per heavy atom. The third kappa shape index (κ3) is 11.2. The predicted molar refractivity (Wildman–Crippen MR) is 165 cm³/mol. The van der Waals surface area contributed by atoms with Gasteiger partial charge in [0.25, 0.3) is 5.91 Å². The second-order valence-electron chi connectivity index (χ2n) is 11.3. The van der Waals surface area contributed by atoms with Crippen molar-refractivity contribution in [1.29, 1.82) is 0 Å². The second kappa shape index (κ2) is 17.5. The largest absolute Gasteiger partial charge is 0.368 e. The first kappa shape index (κ1) is 35.6. The topological polar surface area (TPSA) is 181 Å². The molecule has 0 aliphatic carbocycles. The number of pyridine rings is 1. The molecule has 1 heterocycles. The fourth-order valence-corrected chi connectivity index (χ4v) is 4.54. The zero-order chi connectivity index (χ0) is 32.8. The zero-order valence-electron chi connectivity index (χ0n) is 26.0. The smallest absolute Gasteiger partial charge is 0.290 e. The van der Waals surface area contributed by atoms with Gasteiger partial charge in [0.15, 0.2) is 0 Å². The van der Waals surface area contributed by atoms with E-state index in [2.05, 4.69) is 20.9 Å². The quantitative estimate of drug-likeness (QED) is 0.193. The highest BCUT2D eigenvalue weighted by Gasteiger charge is 2.34. The van der Waals surface area contributed by atoms with Crippen LogP contribution in [0.15, 0.2) is 54.9 Å². The summed E-state index contributed by atoms with van der Waals surface area (Å²) >= 11 is 0. The third-order valence-electron chi connectivity index (χ3n) is 7.35. The average Bonchev–Trinajstić information content (AvgIpc) is 3.00. The minimum Gasteiger partial charge on any atom is -0.368 e. The van der Waals surface area contributed by atoms with E-state index in [0.29, 0.717) is 12.8 Å². The van der Waals surface area contributed by atoms with Crippen LogP contribution in [0.1, 0.15) is 51.7 Å². The monoisotopic (exact) mass is 608 g/mol. The molecule has 0 aliphatic rings. The summed E-state index contributed by atoms with van der Waals surface area (Å²) in [4.78, 5) is 82.2. The van der Waals surface area contributed by atoms with E-state index >= 15 is 0 Å². The number of likely N-dealkylation sites (N-methyl/N-ethyl adjacent to an activating group) is 1. The molecule has 4 atom stereocenters. The van der Waals surface area contributed by atoms with Crippen molar-refractivity contribution in [1.82, 2.24) is 25.8 Å². The summed E-state index contributed by atoms with van der Waals surface area (Å²) in [5.41, 5.74) is 7.07. The SMILES string of the molecule is CC[C@H](C)C(NC(=O)C(CC(C)C)NC(=O)Cc1ccncc1)C(=O)C(=O)NCC(=O)N(C)C(Cc1ccccc1)C(N)=O. The Hall–Kier alpha value is -4.61. The molecule has 0 radical (unpaired) electrons. The van der Waals surface area contributed by atoms with Gasteiger partial charge in [0, 0.05) is 25.9 Å². The fraction of sp³-hybridized carbons (Fsp3) is 0.469. The molecule has 12 nitrogen and oxygen atoms in total. The lowest BCUT2D eigenvalue weighted by Gasteiger charge is -2.27. The van der Waals surface area contributed by atoms with Gasteiger partial charge >= 0.3 is 0 Å². The van der Waals surface area contributed by atoms with Crippen LogP contribution in [0.2, 0.25) is 0 Å². The molecule has 2 aromatic rings. The van der Waals surface area contributed by atoms with Gasteiger partial charge in [-0.2, -0.15) is 0 Å². The van der Waals surface area contributed by atoms with E-state index in [1.807, 2.05) is 26.8 Å². The number of Topliss-reactive ketones (excluding diaryl/α,β-unsaturated/α-hetero) is 1. The maximum Gasteiger partial charge on any atom is 0.290 e. The number of nitrogens with two attached hydrogens (primary N) is 1. The third-order valence-corrected chi connectivity index (χ3v) is 7.35. The van der Waals surface area contributed by atoms with Crippen LogP contribution in [0.3, 0.4) is 0 Å². The molecule has 44 heavy (non-hydrogen) atoms. The first-order valence-electron chi connectivity index (χ1n) is 14.7. The van der Waals surface area contributed by atoms with Crippen molar-refractivity contribution in [3.05, 3.63) is 66.0 Å². The molecule has 238 valence electrons. The summed E-state index contributed by atoms with van der Waals surface area (Å²) in [5.74, 6) is -4.66. The Morgan fingerprint density at radius 1 is 0.909 bits per heavy atom. The number of hydrogen-bond acceptors (Lipinski definition) is 7. The van der Waals surface area contributed by atoms with Crippen molar-refractivity contribution < 1.29 is 28.8 Å². The normalized spacial score (nSPS) is 13.6. The van der Waals surface area contributed by atoms with Crippen LogP contribution in [-0.2, 0) is 41.6 Å². The molecule has 0 spiro atoms. The summed E-state index contributed by atoms with van der Waals surface area (Å²) in [6.07, 6.45) is 4.15. The first-order chi connectivity index (χ1) is 20.8. The van der Waals surface area contributed by atoms with Crippen molar-refractivity contribution >= 4 is 35.3 Å². The minimum absolute atomic E-state index is 0.0437. The van der Waals surface area contributed by atoms with Gasteiger partial charge in [-0.15, -0.1) is 0 Å². The Labute approximate surface area is 258 Å². The Kier molecular flexibility index (Phi) is 14.1. The van der Waals surface area contributed by atoms with E-state index in [-0.39, 0.29) is 24.7 Å². The lowest BCUT2D eigenvalue weighted by atomic mass is 9.93. The van der Waals surface area contributed by atoms with Gasteiger partial charge in [0.05, 0.1) is 19.0 Å². The minimum atomic E-state index is -1.19. The Morgan fingerprint density at radius 3 is 2.11 bits per heavy atom. The maximum absolute atomic E-state index is 13.3. The second-order valence-corrected chi connectivity index (χ2v) is 11.3. The van der Waals surface area contributed by atoms with Crippen LogP contribution in [0.4, 0.5) is 0 Å². The number of rotatable bonds is 17. The van der Waals surface area contributed by atoms with Gasteiger partial charge in [0.1, 0.15) is 12.1 Å². The van der Waals surface area contributed by atoms with Gasteiger partial charge in [-0.3, -0.25) is 33.8 Å². The first-order valence-corrected chi connectivity index (χ1v) is 14.7. The van der Waals surface area contributed by atoms with E-state index in [1.165, 1.54) is 7.05 Å². The fourth-order valence-electron chi connectivity index (χ4n) is 4.54. The van der Waals surface area contributed by atoms with Crippen LogP contribution in [0.5, 0.6) is 0 Å². The molecule has 0 fully saturated rings. The number of aromatic nitrogens is 1. The maximum atomic E-state index is 13.3. The zero-order valence-corrected chi connectivity index (χ0v) is 26.0. The molecule has 0 saturated carbocycles. The number of nitrogens with zero attached hydrogens (tertiary/aromatic N) is 2. The molecule has 3 unspecified atom stereocenters. The molecule has 2 rings (SSSR count). The molecule has 12 heteroatoms. The lowest BCUT2D eigenvalue weighted by Crippen LogP contribution is -2.57. The molecule has 5 amide bonds. The number of primary amides is 1. The van der Waals surface area contributed by atoms with Gasteiger partial charge in [0.2, 0.25) is 29.4 Å². The molecular weight excluding hydrogens is 564 g/mol. The van der Waals surface area contributed by atoms with Crippen molar-refractivity contribution in [3.63, 3.8) is 0 Å². The van der Waals surface area contributed by atoms with Crippen LogP contribution in [0.25, 0.3) is 0 Å². The Bertz CT molecular complexity index is 1290. The molecular formula is C32H44N6O6. The highest BCUT2D eigenvalue weighted by atomic mass is 16.2. The summed E-state index contributed by atoms with van der Waals surface area (Å²) in [5, 5.41) is 7.73. The van der Waals surface area contributed by atoms with Gasteiger partial charge < -0.3 is 26.6 Å². The van der Waals surface area contributed by atoms with Gasteiger partial charge in [-0.05, 0) is 41.5 Å². The van der Waals surface area contributed by atoms with E-state index in [0.717, 1.165) is 16.0 Å². The highest BCUT2D eigenvalue weighted by Crippen LogP contribution is 2.13. The number of amides is 5. The van der Waals surface area contributed by atoms with E-state index in [9.17, 15) is 28.8 Å². The number of carbonyl (C=O) groups is 6. The van der Waals surface area contributed by atoms with E-state index in [4.69, 9.17) is 5.73 Å². The van der Waals surface area contributed by atoms with Crippen molar-refractivity contribution in [2.45, 2.75) is 71.5 Å². The lowest BCUT2D eigenvalue weighted by molar-refractivity contribution is -0.143. The Balaban J connectivity index is 2.07.